The van der Waals surface area contributed by atoms with Crippen LogP contribution in [0.25, 0.3) is 0 Å². The molecule has 0 N–H and O–H groups in total. The number of amides is 1. The first kappa shape index (κ1) is 13.8. The van der Waals surface area contributed by atoms with Gasteiger partial charge in [0.25, 0.3) is 0 Å². The standard InChI is InChI=1S/C16H19N3O2/c1-18-8-7-15(17-18)19-10-14(9-16(19)20)12-21-11-13-5-3-2-4-6-13/h2-8,14H,9-12H2,1H3/t14-/m1/s1. The van der Waals surface area contributed by atoms with E-state index in [0.717, 1.165) is 11.4 Å². The lowest BCUT2D eigenvalue weighted by molar-refractivity contribution is -0.117. The van der Waals surface area contributed by atoms with Crippen LogP contribution in [0.5, 0.6) is 0 Å². The molecule has 3 rings (SSSR count). The number of carbonyl (C=O) groups excluding carboxylic acids is 1. The van der Waals surface area contributed by atoms with E-state index >= 15 is 0 Å². The highest BCUT2D eigenvalue weighted by Crippen LogP contribution is 2.23. The van der Waals surface area contributed by atoms with Crippen molar-refractivity contribution in [3.63, 3.8) is 0 Å². The Morgan fingerprint density at radius 1 is 1.29 bits per heavy atom. The van der Waals surface area contributed by atoms with Crippen molar-refractivity contribution in [1.82, 2.24) is 9.78 Å². The SMILES string of the molecule is Cn1ccc(N2C[C@H](COCc3ccccc3)CC2=O)n1. The van der Waals surface area contributed by atoms with Gasteiger partial charge < -0.3 is 4.74 Å². The number of aryl methyl sites for hydroxylation is 1. The van der Waals surface area contributed by atoms with Gasteiger partial charge in [0.1, 0.15) is 0 Å². The molecular formula is C16H19N3O2. The van der Waals surface area contributed by atoms with Gasteiger partial charge in [-0.25, -0.2) is 0 Å². The van der Waals surface area contributed by atoms with Gasteiger partial charge in [0.2, 0.25) is 5.91 Å². The first-order chi connectivity index (χ1) is 10.2. The van der Waals surface area contributed by atoms with E-state index in [1.54, 1.807) is 9.58 Å². The van der Waals surface area contributed by atoms with Crippen LogP contribution in [0.4, 0.5) is 5.82 Å². The maximum atomic E-state index is 12.0. The number of anilines is 1. The van der Waals surface area contributed by atoms with E-state index in [1.807, 2.05) is 49.6 Å². The molecule has 1 aliphatic heterocycles. The summed E-state index contributed by atoms with van der Waals surface area (Å²) in [5, 5.41) is 4.29. The van der Waals surface area contributed by atoms with Crippen molar-refractivity contribution < 1.29 is 9.53 Å². The molecule has 5 heteroatoms. The van der Waals surface area contributed by atoms with Crippen LogP contribution in [0.15, 0.2) is 42.6 Å². The largest absolute Gasteiger partial charge is 0.376 e. The van der Waals surface area contributed by atoms with Crippen LogP contribution in [-0.4, -0.2) is 28.8 Å². The monoisotopic (exact) mass is 285 g/mol. The third kappa shape index (κ3) is 3.31. The summed E-state index contributed by atoms with van der Waals surface area (Å²) < 4.78 is 7.45. The minimum Gasteiger partial charge on any atom is -0.376 e. The summed E-state index contributed by atoms with van der Waals surface area (Å²) in [5.41, 5.74) is 1.16. The van der Waals surface area contributed by atoms with Crippen LogP contribution < -0.4 is 4.90 Å². The van der Waals surface area contributed by atoms with Crippen molar-refractivity contribution >= 4 is 11.7 Å². The lowest BCUT2D eigenvalue weighted by Crippen LogP contribution is -2.25. The molecule has 1 saturated heterocycles. The van der Waals surface area contributed by atoms with Crippen LogP contribution in [0, 0.1) is 5.92 Å². The van der Waals surface area contributed by atoms with Crippen molar-refractivity contribution in [3.05, 3.63) is 48.2 Å². The predicted molar refractivity (Wildman–Crippen MR) is 79.8 cm³/mol. The van der Waals surface area contributed by atoms with E-state index in [-0.39, 0.29) is 11.8 Å². The highest BCUT2D eigenvalue weighted by molar-refractivity contribution is 5.94. The molecule has 0 unspecified atom stereocenters. The fourth-order valence-corrected chi connectivity index (χ4v) is 2.58. The quantitative estimate of drug-likeness (QED) is 0.844. The van der Waals surface area contributed by atoms with Crippen LogP contribution in [0.2, 0.25) is 0 Å². The molecule has 0 spiro atoms. The number of hydrogen-bond acceptors (Lipinski definition) is 3. The summed E-state index contributed by atoms with van der Waals surface area (Å²) >= 11 is 0. The fraction of sp³-hybridized carbons (Fsp3) is 0.375. The molecule has 1 aromatic heterocycles. The van der Waals surface area contributed by atoms with Crippen molar-refractivity contribution in [3.8, 4) is 0 Å². The minimum absolute atomic E-state index is 0.127. The second-order valence-electron chi connectivity index (χ2n) is 5.42. The first-order valence-corrected chi connectivity index (χ1v) is 7.14. The Balaban J connectivity index is 1.51. The van der Waals surface area contributed by atoms with Gasteiger partial charge in [-0.1, -0.05) is 30.3 Å². The average molecular weight is 285 g/mol. The molecule has 0 saturated carbocycles. The van der Waals surface area contributed by atoms with Crippen molar-refractivity contribution in [2.24, 2.45) is 13.0 Å². The zero-order chi connectivity index (χ0) is 14.7. The average Bonchev–Trinajstić information content (AvgIpc) is 3.06. The van der Waals surface area contributed by atoms with Crippen LogP contribution in [0.3, 0.4) is 0 Å². The number of benzene rings is 1. The Morgan fingerprint density at radius 3 is 2.81 bits per heavy atom. The van der Waals surface area contributed by atoms with E-state index in [0.29, 0.717) is 26.2 Å². The van der Waals surface area contributed by atoms with E-state index in [9.17, 15) is 4.79 Å². The topological polar surface area (TPSA) is 47.4 Å². The molecule has 0 radical (unpaired) electrons. The minimum atomic E-state index is 0.127. The maximum absolute atomic E-state index is 12.0. The molecule has 110 valence electrons. The van der Waals surface area contributed by atoms with Gasteiger partial charge in [0.05, 0.1) is 13.2 Å². The molecule has 1 fully saturated rings. The summed E-state index contributed by atoms with van der Waals surface area (Å²) in [6.45, 7) is 1.88. The molecule has 1 aromatic carbocycles. The number of ether oxygens (including phenoxy) is 1. The third-order valence-electron chi connectivity index (χ3n) is 3.65. The number of aromatic nitrogens is 2. The lowest BCUT2D eigenvalue weighted by Gasteiger charge is -2.13. The van der Waals surface area contributed by atoms with Gasteiger partial charge >= 0.3 is 0 Å². The number of hydrogen-bond donors (Lipinski definition) is 0. The molecule has 0 aliphatic carbocycles. The first-order valence-electron chi connectivity index (χ1n) is 7.14. The van der Waals surface area contributed by atoms with Crippen LogP contribution in [-0.2, 0) is 23.2 Å². The van der Waals surface area contributed by atoms with Gasteiger partial charge in [-0.05, 0) is 5.56 Å². The Morgan fingerprint density at radius 2 is 2.10 bits per heavy atom. The molecule has 5 nitrogen and oxygen atoms in total. The normalized spacial score (nSPS) is 18.4. The summed E-state index contributed by atoms with van der Waals surface area (Å²) in [4.78, 5) is 13.8. The molecule has 1 amide bonds. The summed E-state index contributed by atoms with van der Waals surface area (Å²) in [6, 6.07) is 11.9. The molecule has 1 atom stereocenters. The lowest BCUT2D eigenvalue weighted by atomic mass is 10.1. The van der Waals surface area contributed by atoms with Crippen LogP contribution in [0.1, 0.15) is 12.0 Å². The Hall–Kier alpha value is -2.14. The third-order valence-corrected chi connectivity index (χ3v) is 3.65. The van der Waals surface area contributed by atoms with Crippen molar-refractivity contribution in [2.45, 2.75) is 13.0 Å². The zero-order valence-corrected chi connectivity index (χ0v) is 12.1. The Bertz CT molecular complexity index is 609. The van der Waals surface area contributed by atoms with Gasteiger partial charge in [0.15, 0.2) is 5.82 Å². The summed E-state index contributed by atoms with van der Waals surface area (Å²) in [7, 11) is 1.85. The molecule has 21 heavy (non-hydrogen) atoms. The number of carbonyl (C=O) groups is 1. The molecule has 2 heterocycles. The van der Waals surface area contributed by atoms with E-state index in [1.165, 1.54) is 0 Å². The number of nitrogens with zero attached hydrogens (tertiary/aromatic N) is 3. The molecule has 2 aromatic rings. The highest BCUT2D eigenvalue weighted by Gasteiger charge is 2.31. The van der Waals surface area contributed by atoms with Crippen molar-refractivity contribution in [1.29, 1.82) is 0 Å². The molecule has 1 aliphatic rings. The molecular weight excluding hydrogens is 266 g/mol. The fourth-order valence-electron chi connectivity index (χ4n) is 2.58. The summed E-state index contributed by atoms with van der Waals surface area (Å²) in [6.07, 6.45) is 2.38. The second kappa shape index (κ2) is 6.10. The van der Waals surface area contributed by atoms with Crippen molar-refractivity contribution in [2.75, 3.05) is 18.1 Å². The van der Waals surface area contributed by atoms with Crippen LogP contribution >= 0.6 is 0 Å². The Kier molecular flexibility index (Phi) is 4.01. The molecule has 0 bridgehead atoms. The second-order valence-corrected chi connectivity index (χ2v) is 5.42. The smallest absolute Gasteiger partial charge is 0.228 e. The van der Waals surface area contributed by atoms with E-state index in [2.05, 4.69) is 5.10 Å². The van der Waals surface area contributed by atoms with Gasteiger partial charge in [-0.3, -0.25) is 14.4 Å². The van der Waals surface area contributed by atoms with Gasteiger partial charge in [-0.2, -0.15) is 5.10 Å². The van der Waals surface area contributed by atoms with Gasteiger partial charge in [-0.15, -0.1) is 0 Å². The van der Waals surface area contributed by atoms with E-state index < -0.39 is 0 Å². The predicted octanol–water partition coefficient (Wildman–Crippen LogP) is 1.99. The van der Waals surface area contributed by atoms with E-state index in [4.69, 9.17) is 4.74 Å². The van der Waals surface area contributed by atoms with Gasteiger partial charge in [0, 0.05) is 38.2 Å². The highest BCUT2D eigenvalue weighted by atomic mass is 16.5. The zero-order valence-electron chi connectivity index (χ0n) is 12.1. The number of rotatable bonds is 5. The Labute approximate surface area is 124 Å². The maximum Gasteiger partial charge on any atom is 0.228 e. The summed E-state index contributed by atoms with van der Waals surface area (Å²) in [5.74, 6) is 1.10.